The van der Waals surface area contributed by atoms with E-state index in [9.17, 15) is 8.78 Å². The maximum atomic E-state index is 13.1. The summed E-state index contributed by atoms with van der Waals surface area (Å²) in [7, 11) is 0. The van der Waals surface area contributed by atoms with Gasteiger partial charge < -0.3 is 11.1 Å². The summed E-state index contributed by atoms with van der Waals surface area (Å²) in [6, 6.07) is 4.44. The fourth-order valence-corrected chi connectivity index (χ4v) is 4.31. The molecule has 1 atom stereocenters. The van der Waals surface area contributed by atoms with Crippen LogP contribution in [-0.2, 0) is 0 Å². The van der Waals surface area contributed by atoms with Gasteiger partial charge in [-0.25, -0.2) is 28.3 Å². The summed E-state index contributed by atoms with van der Waals surface area (Å²) in [5.41, 5.74) is 10.0. The maximum Gasteiger partial charge on any atom is 0.241 e. The van der Waals surface area contributed by atoms with Crippen LogP contribution in [0.25, 0.3) is 16.6 Å². The molecule has 0 amide bonds. The number of pyridine rings is 1. The van der Waals surface area contributed by atoms with E-state index < -0.39 is 6.43 Å². The Morgan fingerprint density at radius 3 is 2.87 bits per heavy atom. The molecule has 0 spiro atoms. The zero-order chi connectivity index (χ0) is 20.8. The third-order valence-corrected chi connectivity index (χ3v) is 5.87. The lowest BCUT2D eigenvalue weighted by Gasteiger charge is -2.32. The number of alkyl halides is 2. The fourth-order valence-electron chi connectivity index (χ4n) is 4.31. The Bertz CT molecular complexity index is 1120. The molecular weight excluding hydrogens is 388 g/mol. The third kappa shape index (κ3) is 3.54. The second kappa shape index (κ2) is 7.39. The summed E-state index contributed by atoms with van der Waals surface area (Å²) in [5.74, 6) is 0.824. The molecule has 5 rings (SSSR count). The molecule has 0 aromatic carbocycles. The molecule has 156 valence electrons. The molecule has 0 saturated heterocycles. The maximum absolute atomic E-state index is 13.1. The van der Waals surface area contributed by atoms with Gasteiger partial charge in [-0.15, -0.1) is 5.10 Å². The minimum Gasteiger partial charge on any atom is -0.350 e. The highest BCUT2D eigenvalue weighted by Gasteiger charge is 2.27. The Morgan fingerprint density at radius 1 is 1.27 bits per heavy atom. The van der Waals surface area contributed by atoms with Crippen molar-refractivity contribution < 1.29 is 8.78 Å². The van der Waals surface area contributed by atoms with Crippen molar-refractivity contribution in [2.24, 2.45) is 10.7 Å². The van der Waals surface area contributed by atoms with Gasteiger partial charge >= 0.3 is 0 Å². The Balaban J connectivity index is 1.47. The van der Waals surface area contributed by atoms with Gasteiger partial charge in [-0.3, -0.25) is 0 Å². The van der Waals surface area contributed by atoms with Gasteiger partial charge in [0.15, 0.2) is 5.82 Å². The number of nitrogens with one attached hydrogen (secondary N) is 1. The number of fused-ring (bicyclic) bond motifs is 2. The molecular formula is C21H23F2N7. The highest BCUT2D eigenvalue weighted by Crippen LogP contribution is 2.39. The number of halogens is 2. The van der Waals surface area contributed by atoms with E-state index >= 15 is 0 Å². The number of hydrogen-bond donors (Lipinski definition) is 2. The summed E-state index contributed by atoms with van der Waals surface area (Å²) in [6.07, 6.45) is 5.17. The fraction of sp³-hybridized carbons (Fsp3) is 0.429. The van der Waals surface area contributed by atoms with Crippen molar-refractivity contribution in [3.8, 4) is 11.1 Å². The predicted octanol–water partition coefficient (Wildman–Crippen LogP) is 3.93. The van der Waals surface area contributed by atoms with Crippen molar-refractivity contribution in [3.63, 3.8) is 0 Å². The molecule has 0 bridgehead atoms. The van der Waals surface area contributed by atoms with Gasteiger partial charge in [-0.2, -0.15) is 0 Å². The Kier molecular flexibility index (Phi) is 4.69. The van der Waals surface area contributed by atoms with Gasteiger partial charge in [-0.05, 0) is 44.2 Å². The molecule has 1 saturated carbocycles. The molecule has 9 heteroatoms. The van der Waals surface area contributed by atoms with Gasteiger partial charge in [-0.1, -0.05) is 0 Å². The highest BCUT2D eigenvalue weighted by molar-refractivity contribution is 5.88. The van der Waals surface area contributed by atoms with Crippen molar-refractivity contribution in [2.75, 3.05) is 5.32 Å². The molecule has 7 nitrogen and oxygen atoms in total. The van der Waals surface area contributed by atoms with Gasteiger partial charge in [0.05, 0.1) is 11.7 Å². The Hall–Kier alpha value is -2.94. The standard InChI is InChI=1S/C21H23F2N7/c1-11-4-12(6-19(22)23)17-5-13(9-25-20(17)27-11)16-2-3-30-18(16)10-26-21(29-30)28-15-7-14(24)8-15/h2-3,5,9-10,12,14-15,19H,4,6-8,24H2,1H3,(H,28,29). The molecule has 3 aromatic rings. The second-order valence-electron chi connectivity index (χ2n) is 8.23. The van der Waals surface area contributed by atoms with Gasteiger partial charge in [0.2, 0.25) is 12.4 Å². The number of nitrogens with zero attached hydrogens (tertiary/aromatic N) is 5. The number of aliphatic imine (C=N–C) groups is 1. The van der Waals surface area contributed by atoms with Crippen molar-refractivity contribution in [1.82, 2.24) is 19.6 Å². The minimum atomic E-state index is -2.36. The van der Waals surface area contributed by atoms with Crippen molar-refractivity contribution in [3.05, 3.63) is 36.3 Å². The molecule has 1 aliphatic carbocycles. The van der Waals surface area contributed by atoms with E-state index in [1.165, 1.54) is 0 Å². The number of aromatic nitrogens is 4. The minimum absolute atomic E-state index is 0.190. The first-order valence-corrected chi connectivity index (χ1v) is 10.2. The van der Waals surface area contributed by atoms with Crippen molar-refractivity contribution >= 4 is 23.0 Å². The molecule has 2 aliphatic rings. The number of hydrogen-bond acceptors (Lipinski definition) is 6. The highest BCUT2D eigenvalue weighted by atomic mass is 19.3. The topological polar surface area (TPSA) is 93.5 Å². The van der Waals surface area contributed by atoms with Gasteiger partial charge in [0, 0.05) is 53.3 Å². The van der Waals surface area contributed by atoms with Crippen LogP contribution in [0.2, 0.25) is 0 Å². The smallest absolute Gasteiger partial charge is 0.241 e. The summed E-state index contributed by atoms with van der Waals surface area (Å²) >= 11 is 0. The van der Waals surface area contributed by atoms with Crippen LogP contribution >= 0.6 is 0 Å². The van der Waals surface area contributed by atoms with E-state index in [1.807, 2.05) is 25.3 Å². The molecule has 30 heavy (non-hydrogen) atoms. The first kappa shape index (κ1) is 19.0. The normalized spacial score (nSPS) is 23.2. The summed E-state index contributed by atoms with van der Waals surface area (Å²) in [4.78, 5) is 13.4. The Labute approximate surface area is 172 Å². The zero-order valence-electron chi connectivity index (χ0n) is 16.6. The van der Waals surface area contributed by atoms with E-state index in [-0.39, 0.29) is 18.4 Å². The Morgan fingerprint density at radius 2 is 2.10 bits per heavy atom. The molecule has 1 aliphatic heterocycles. The van der Waals surface area contributed by atoms with Crippen LogP contribution in [0.1, 0.15) is 44.1 Å². The quantitative estimate of drug-likeness (QED) is 0.664. The molecule has 4 heterocycles. The van der Waals surface area contributed by atoms with Gasteiger partial charge in [0.25, 0.3) is 0 Å². The molecule has 3 N–H and O–H groups in total. The molecule has 1 fully saturated rings. The van der Waals surface area contributed by atoms with E-state index in [0.29, 0.717) is 24.2 Å². The van der Waals surface area contributed by atoms with Crippen LogP contribution in [0.4, 0.5) is 20.5 Å². The van der Waals surface area contributed by atoms with Crippen LogP contribution in [0.5, 0.6) is 0 Å². The SMILES string of the molecule is CC1=Nc2ncc(-c3ccn4nc(NC5CC(N)C5)ncc34)cc2C(CC(F)F)C1. The lowest BCUT2D eigenvalue weighted by atomic mass is 9.88. The predicted molar refractivity (Wildman–Crippen MR) is 112 cm³/mol. The van der Waals surface area contributed by atoms with Crippen LogP contribution in [-0.4, -0.2) is 43.8 Å². The number of nitrogens with two attached hydrogens (primary N) is 1. The summed E-state index contributed by atoms with van der Waals surface area (Å²) < 4.78 is 28.0. The van der Waals surface area contributed by atoms with Crippen LogP contribution in [0.3, 0.4) is 0 Å². The van der Waals surface area contributed by atoms with Crippen LogP contribution in [0, 0.1) is 0 Å². The second-order valence-corrected chi connectivity index (χ2v) is 8.23. The first-order valence-electron chi connectivity index (χ1n) is 10.2. The van der Waals surface area contributed by atoms with E-state index in [4.69, 9.17) is 5.73 Å². The molecule has 1 unspecified atom stereocenters. The van der Waals surface area contributed by atoms with Crippen LogP contribution in [0.15, 0.2) is 35.7 Å². The monoisotopic (exact) mass is 411 g/mol. The van der Waals surface area contributed by atoms with Crippen molar-refractivity contribution in [1.29, 1.82) is 0 Å². The third-order valence-electron chi connectivity index (χ3n) is 5.87. The van der Waals surface area contributed by atoms with Gasteiger partial charge in [0.1, 0.15) is 0 Å². The lowest BCUT2D eigenvalue weighted by Crippen LogP contribution is -2.44. The summed E-state index contributed by atoms with van der Waals surface area (Å²) in [6.45, 7) is 1.86. The zero-order valence-corrected chi connectivity index (χ0v) is 16.6. The lowest BCUT2D eigenvalue weighted by molar-refractivity contribution is 0.128. The average Bonchev–Trinajstić information content (AvgIpc) is 3.09. The van der Waals surface area contributed by atoms with E-state index in [1.54, 1.807) is 16.9 Å². The average molecular weight is 411 g/mol. The molecule has 0 radical (unpaired) electrons. The number of anilines is 1. The van der Waals surface area contributed by atoms with Crippen molar-refractivity contribution in [2.45, 2.75) is 57.0 Å². The van der Waals surface area contributed by atoms with E-state index in [2.05, 4.69) is 25.4 Å². The summed E-state index contributed by atoms with van der Waals surface area (Å²) in [5, 5.41) is 7.83. The largest absolute Gasteiger partial charge is 0.350 e. The number of rotatable bonds is 5. The molecule has 3 aromatic heterocycles. The first-order chi connectivity index (χ1) is 14.5. The van der Waals surface area contributed by atoms with Crippen LogP contribution < -0.4 is 11.1 Å². The van der Waals surface area contributed by atoms with E-state index in [0.717, 1.165) is 40.8 Å².